The first-order valence-electron chi connectivity index (χ1n) is 10.9. The Kier molecular flexibility index (Phi) is 8.70. The molecule has 7 nitrogen and oxygen atoms in total. The van der Waals surface area contributed by atoms with E-state index >= 15 is 0 Å². The molecule has 0 spiro atoms. The molecule has 0 aliphatic heterocycles. The number of anilines is 2. The summed E-state index contributed by atoms with van der Waals surface area (Å²) in [5, 5.41) is 5.57. The third-order valence-electron chi connectivity index (χ3n) is 5.61. The number of rotatable bonds is 8. The quantitative estimate of drug-likeness (QED) is 0.235. The van der Waals surface area contributed by atoms with Crippen LogP contribution < -0.4 is 14.9 Å². The van der Waals surface area contributed by atoms with Gasteiger partial charge in [0.1, 0.15) is 17.3 Å². The molecule has 1 fully saturated rings. The summed E-state index contributed by atoms with van der Waals surface area (Å²) < 4.78 is 76.9. The Bertz CT molecular complexity index is 1220. The second-order valence-electron chi connectivity index (χ2n) is 8.14. The smallest absolute Gasteiger partial charge is 0.433 e. The number of halogens is 4. The molecule has 12 heteroatoms. The zero-order chi connectivity index (χ0) is 26.5. The van der Waals surface area contributed by atoms with Crippen LogP contribution in [0.3, 0.4) is 0 Å². The van der Waals surface area contributed by atoms with Gasteiger partial charge in [0.15, 0.2) is 0 Å². The fourth-order valence-electron chi connectivity index (χ4n) is 3.82. The highest BCUT2D eigenvalue weighted by molar-refractivity contribution is 7.80. The van der Waals surface area contributed by atoms with Crippen molar-refractivity contribution in [1.29, 1.82) is 0 Å². The average Bonchev–Trinajstić information content (AvgIpc) is 3.33. The average molecular weight is 524 g/mol. The summed E-state index contributed by atoms with van der Waals surface area (Å²) in [5.41, 5.74) is -0.747. The Morgan fingerprint density at radius 3 is 2.64 bits per heavy atom. The summed E-state index contributed by atoms with van der Waals surface area (Å²) in [7, 11) is 1.14. The first kappa shape index (κ1) is 27.2. The fraction of sp³-hybridized carbons (Fsp3) is 0.333. The van der Waals surface area contributed by atoms with E-state index in [9.17, 15) is 31.1 Å². The molecule has 2 aromatic rings. The molecule has 3 rings (SSSR count). The lowest BCUT2D eigenvalue weighted by atomic mass is 10.1. The number of hydrogen-bond acceptors (Lipinski definition) is 5. The van der Waals surface area contributed by atoms with E-state index in [1.165, 1.54) is 18.2 Å². The number of carbonyl (C=O) groups excluding carboxylic acids is 1. The molecule has 0 saturated heterocycles. The first-order valence-corrected chi connectivity index (χ1v) is 12.0. The van der Waals surface area contributed by atoms with Gasteiger partial charge in [-0.3, -0.25) is 9.00 Å². The van der Waals surface area contributed by atoms with E-state index < -0.39 is 34.9 Å². The molecule has 1 unspecified atom stereocenters. The van der Waals surface area contributed by atoms with Crippen molar-refractivity contribution in [1.82, 2.24) is 10.3 Å². The number of nitrogens with one attached hydrogen (secondary N) is 2. The standard InChI is InChI=1S/C24H24F4N4O3S/c1-3-16-12-15(13-19(25)22(16)32(2)36(34)35)14-29-21(33)11-9-17-8-10-20(24(26,27)28)31-23(17)30-18-6-4-5-7-18/h1,8-13,18H,4-7,14H2,2H3,(H,29,33)(H,30,31)(H,34,35)/p-1. The van der Waals surface area contributed by atoms with Crippen LogP contribution in [0.15, 0.2) is 30.3 Å². The van der Waals surface area contributed by atoms with Gasteiger partial charge in [-0.1, -0.05) is 18.8 Å². The maximum atomic E-state index is 14.5. The van der Waals surface area contributed by atoms with E-state index in [1.54, 1.807) is 0 Å². The highest BCUT2D eigenvalue weighted by atomic mass is 32.2. The van der Waals surface area contributed by atoms with Crippen molar-refractivity contribution in [3.05, 3.63) is 58.5 Å². The van der Waals surface area contributed by atoms with Crippen molar-refractivity contribution < 1.29 is 31.1 Å². The van der Waals surface area contributed by atoms with Gasteiger partial charge in [0.25, 0.3) is 0 Å². The van der Waals surface area contributed by atoms with Crippen LogP contribution in [0.4, 0.5) is 29.1 Å². The van der Waals surface area contributed by atoms with Gasteiger partial charge < -0.3 is 19.5 Å². The van der Waals surface area contributed by atoms with Crippen LogP contribution in [0, 0.1) is 18.2 Å². The number of benzene rings is 1. The Balaban J connectivity index is 1.74. The molecular formula is C24H23F4N4O3S-. The number of aromatic nitrogens is 1. The lowest BCUT2D eigenvalue weighted by Gasteiger charge is -2.23. The van der Waals surface area contributed by atoms with E-state index in [0.717, 1.165) is 50.9 Å². The number of pyridine rings is 1. The van der Waals surface area contributed by atoms with Gasteiger partial charge in [0.2, 0.25) is 5.91 Å². The third kappa shape index (κ3) is 6.83. The summed E-state index contributed by atoms with van der Waals surface area (Å²) in [6.07, 6.45) is 6.82. The van der Waals surface area contributed by atoms with Crippen LogP contribution in [0.5, 0.6) is 0 Å². The number of amides is 1. The summed E-state index contributed by atoms with van der Waals surface area (Å²) in [6.45, 7) is -0.127. The molecule has 0 radical (unpaired) electrons. The molecule has 2 N–H and O–H groups in total. The number of alkyl halides is 3. The minimum Gasteiger partial charge on any atom is -0.755 e. The normalized spacial score (nSPS) is 15.0. The van der Waals surface area contributed by atoms with Crippen LogP contribution >= 0.6 is 0 Å². The Morgan fingerprint density at radius 2 is 2.03 bits per heavy atom. The molecular weight excluding hydrogens is 500 g/mol. The first-order chi connectivity index (χ1) is 17.0. The summed E-state index contributed by atoms with van der Waals surface area (Å²) >= 11 is -2.74. The van der Waals surface area contributed by atoms with Crippen molar-refractivity contribution in [3.8, 4) is 12.3 Å². The van der Waals surface area contributed by atoms with Crippen molar-refractivity contribution >= 4 is 34.8 Å². The van der Waals surface area contributed by atoms with Gasteiger partial charge in [-0.05, 0) is 48.7 Å². The molecule has 1 aliphatic carbocycles. The highest BCUT2D eigenvalue weighted by Gasteiger charge is 2.33. The summed E-state index contributed by atoms with van der Waals surface area (Å²) in [6, 6.07) is 4.50. The topological polar surface area (TPSA) is 97.4 Å². The van der Waals surface area contributed by atoms with E-state index in [0.29, 0.717) is 9.87 Å². The zero-order valence-electron chi connectivity index (χ0n) is 19.2. The molecule has 1 amide bonds. The van der Waals surface area contributed by atoms with Crippen molar-refractivity contribution in [2.24, 2.45) is 0 Å². The van der Waals surface area contributed by atoms with Gasteiger partial charge >= 0.3 is 6.18 Å². The molecule has 1 heterocycles. The molecule has 1 saturated carbocycles. The maximum absolute atomic E-state index is 14.5. The Labute approximate surface area is 208 Å². The molecule has 36 heavy (non-hydrogen) atoms. The minimum atomic E-state index is -4.61. The number of hydrogen-bond donors (Lipinski definition) is 2. The van der Waals surface area contributed by atoms with Gasteiger partial charge in [-0.25, -0.2) is 9.37 Å². The largest absolute Gasteiger partial charge is 0.755 e. The minimum absolute atomic E-state index is 0.00302. The lowest BCUT2D eigenvalue weighted by Crippen LogP contribution is -2.23. The number of terminal acetylenes is 1. The van der Waals surface area contributed by atoms with Crippen molar-refractivity contribution in [2.45, 2.75) is 44.4 Å². The third-order valence-corrected chi connectivity index (χ3v) is 6.24. The second-order valence-corrected chi connectivity index (χ2v) is 9.12. The van der Waals surface area contributed by atoms with E-state index in [1.807, 2.05) is 0 Å². The second kappa shape index (κ2) is 11.5. The number of nitrogens with zero attached hydrogens (tertiary/aromatic N) is 2. The molecule has 1 atom stereocenters. The van der Waals surface area contributed by atoms with Gasteiger partial charge in [-0.15, -0.1) is 6.42 Å². The van der Waals surface area contributed by atoms with Gasteiger partial charge in [-0.2, -0.15) is 13.2 Å². The molecule has 1 aromatic heterocycles. The van der Waals surface area contributed by atoms with Crippen molar-refractivity contribution in [3.63, 3.8) is 0 Å². The zero-order valence-corrected chi connectivity index (χ0v) is 20.0. The van der Waals surface area contributed by atoms with E-state index in [4.69, 9.17) is 6.42 Å². The highest BCUT2D eigenvalue weighted by Crippen LogP contribution is 2.31. The molecule has 0 bridgehead atoms. The predicted octanol–water partition coefficient (Wildman–Crippen LogP) is 4.14. The lowest BCUT2D eigenvalue weighted by molar-refractivity contribution is -0.141. The Morgan fingerprint density at radius 1 is 1.33 bits per heavy atom. The van der Waals surface area contributed by atoms with Crippen LogP contribution in [0.1, 0.15) is 48.1 Å². The Hall–Kier alpha value is -3.43. The monoisotopic (exact) mass is 523 g/mol. The summed E-state index contributed by atoms with van der Waals surface area (Å²) in [5.74, 6) is 0.790. The predicted molar refractivity (Wildman–Crippen MR) is 128 cm³/mol. The maximum Gasteiger partial charge on any atom is 0.433 e. The molecule has 1 aromatic carbocycles. The SMILES string of the molecule is C#Cc1cc(CNC(=O)C=Cc2ccc(C(F)(F)F)nc2NC2CCCC2)cc(F)c1N(C)S(=O)[O-]. The molecule has 192 valence electrons. The van der Waals surface area contributed by atoms with Crippen LogP contribution in [0.25, 0.3) is 6.08 Å². The van der Waals surface area contributed by atoms with Crippen LogP contribution in [0.2, 0.25) is 0 Å². The fourth-order valence-corrected chi connectivity index (χ4v) is 4.15. The van der Waals surface area contributed by atoms with Crippen LogP contribution in [-0.2, 0) is 28.8 Å². The van der Waals surface area contributed by atoms with Gasteiger partial charge in [0.05, 0.1) is 11.3 Å². The van der Waals surface area contributed by atoms with E-state index in [-0.39, 0.29) is 35.2 Å². The van der Waals surface area contributed by atoms with Crippen LogP contribution in [-0.4, -0.2) is 32.7 Å². The molecule has 1 aliphatic rings. The van der Waals surface area contributed by atoms with Gasteiger partial charge in [0, 0.05) is 42.5 Å². The van der Waals surface area contributed by atoms with Crippen molar-refractivity contribution in [2.75, 3.05) is 16.7 Å². The number of carbonyl (C=O) groups is 1. The summed E-state index contributed by atoms with van der Waals surface area (Å²) in [4.78, 5) is 16.0. The van der Waals surface area contributed by atoms with E-state index in [2.05, 4.69) is 21.5 Å².